The van der Waals surface area contributed by atoms with Crippen LogP contribution in [0.3, 0.4) is 0 Å². The number of hydrogen-bond donors (Lipinski definition) is 2. The Morgan fingerprint density at radius 1 is 0.973 bits per heavy atom. The van der Waals surface area contributed by atoms with Crippen molar-refractivity contribution in [3.05, 3.63) is 129 Å². The van der Waals surface area contributed by atoms with E-state index in [1.165, 1.54) is 10.8 Å². The summed E-state index contributed by atoms with van der Waals surface area (Å²) in [6.07, 6.45) is 3.03. The van der Waals surface area contributed by atoms with Crippen molar-refractivity contribution in [2.75, 3.05) is 0 Å². The monoisotopic (exact) mass is 512 g/mol. The van der Waals surface area contributed by atoms with E-state index in [2.05, 4.69) is 10.4 Å². The van der Waals surface area contributed by atoms with Crippen LogP contribution < -0.4 is 10.7 Å². The van der Waals surface area contributed by atoms with Crippen molar-refractivity contribution < 1.29 is 14.7 Å². The number of carboxylic acids is 1. The van der Waals surface area contributed by atoms with Crippen LogP contribution in [-0.2, 0) is 13.1 Å². The SMILES string of the molecule is O=C(NCc1c(C(=O)O)n(-c2ccccc2)c2cc(Cl)ccc2c1=O)c1cnn(Cc2ccccc2)c1. The molecule has 2 heterocycles. The maximum Gasteiger partial charge on any atom is 0.353 e. The highest BCUT2D eigenvalue weighted by atomic mass is 35.5. The maximum absolute atomic E-state index is 13.4. The molecule has 0 aliphatic heterocycles. The number of nitrogens with zero attached hydrogens (tertiary/aromatic N) is 3. The summed E-state index contributed by atoms with van der Waals surface area (Å²) in [5.74, 6) is -1.78. The van der Waals surface area contributed by atoms with Gasteiger partial charge in [0, 0.05) is 28.8 Å². The first-order valence-electron chi connectivity index (χ1n) is 11.4. The lowest BCUT2D eigenvalue weighted by Crippen LogP contribution is -2.30. The van der Waals surface area contributed by atoms with Crippen LogP contribution in [0.4, 0.5) is 0 Å². The molecule has 0 unspecified atom stereocenters. The largest absolute Gasteiger partial charge is 0.477 e. The van der Waals surface area contributed by atoms with Gasteiger partial charge in [0.2, 0.25) is 0 Å². The fourth-order valence-electron chi connectivity index (χ4n) is 4.25. The molecule has 0 saturated heterocycles. The molecule has 0 bridgehead atoms. The zero-order chi connectivity index (χ0) is 25.9. The molecular weight excluding hydrogens is 492 g/mol. The lowest BCUT2D eigenvalue weighted by molar-refractivity contribution is 0.0685. The zero-order valence-electron chi connectivity index (χ0n) is 19.5. The number of carbonyl (C=O) groups excluding carboxylic acids is 1. The van der Waals surface area contributed by atoms with Crippen LogP contribution in [0.15, 0.2) is 96.1 Å². The Balaban J connectivity index is 1.51. The number of para-hydroxylation sites is 1. The van der Waals surface area contributed by atoms with Crippen LogP contribution in [0.5, 0.6) is 0 Å². The van der Waals surface area contributed by atoms with E-state index < -0.39 is 17.3 Å². The first-order chi connectivity index (χ1) is 17.9. The molecule has 5 aromatic rings. The Kier molecular flexibility index (Phi) is 6.57. The highest BCUT2D eigenvalue weighted by Gasteiger charge is 2.24. The lowest BCUT2D eigenvalue weighted by atomic mass is 10.1. The van der Waals surface area contributed by atoms with Crippen LogP contribution >= 0.6 is 11.6 Å². The molecule has 2 N–H and O–H groups in total. The van der Waals surface area contributed by atoms with Crippen molar-refractivity contribution >= 4 is 34.4 Å². The van der Waals surface area contributed by atoms with E-state index in [-0.39, 0.29) is 23.2 Å². The van der Waals surface area contributed by atoms with Gasteiger partial charge < -0.3 is 15.0 Å². The van der Waals surface area contributed by atoms with Gasteiger partial charge in [-0.25, -0.2) is 4.79 Å². The van der Waals surface area contributed by atoms with Crippen LogP contribution in [0.1, 0.15) is 32.0 Å². The van der Waals surface area contributed by atoms with Crippen molar-refractivity contribution in [1.82, 2.24) is 19.7 Å². The molecule has 1 amide bonds. The molecule has 37 heavy (non-hydrogen) atoms. The fourth-order valence-corrected chi connectivity index (χ4v) is 4.42. The van der Waals surface area contributed by atoms with Crippen LogP contribution in [0, 0.1) is 0 Å². The fraction of sp³-hybridized carbons (Fsp3) is 0.0714. The van der Waals surface area contributed by atoms with E-state index >= 15 is 0 Å². The smallest absolute Gasteiger partial charge is 0.353 e. The highest BCUT2D eigenvalue weighted by molar-refractivity contribution is 6.31. The molecule has 184 valence electrons. The third kappa shape index (κ3) is 4.87. The second-order valence-electron chi connectivity index (χ2n) is 8.39. The molecular formula is C28H21ClN4O4. The minimum absolute atomic E-state index is 0.0452. The molecule has 0 aliphatic rings. The van der Waals surface area contributed by atoms with Crippen molar-refractivity contribution in [3.63, 3.8) is 0 Å². The van der Waals surface area contributed by atoms with Gasteiger partial charge >= 0.3 is 5.97 Å². The number of hydrogen-bond acceptors (Lipinski definition) is 4. The van der Waals surface area contributed by atoms with E-state index in [9.17, 15) is 19.5 Å². The summed E-state index contributed by atoms with van der Waals surface area (Å²) in [4.78, 5) is 38.8. The molecule has 0 radical (unpaired) electrons. The van der Waals surface area contributed by atoms with E-state index in [4.69, 9.17) is 11.6 Å². The molecule has 8 nitrogen and oxygen atoms in total. The number of pyridine rings is 1. The topological polar surface area (TPSA) is 106 Å². The summed E-state index contributed by atoms with van der Waals surface area (Å²) in [6, 6.07) is 23.2. The van der Waals surface area contributed by atoms with Crippen molar-refractivity contribution in [2.24, 2.45) is 0 Å². The number of amides is 1. The van der Waals surface area contributed by atoms with E-state index in [1.807, 2.05) is 30.3 Å². The van der Waals surface area contributed by atoms with E-state index in [1.54, 1.807) is 59.4 Å². The summed E-state index contributed by atoms with van der Waals surface area (Å²) in [7, 11) is 0. The molecule has 9 heteroatoms. The molecule has 3 aromatic carbocycles. The number of aromatic nitrogens is 3. The summed E-state index contributed by atoms with van der Waals surface area (Å²) in [5.41, 5.74) is 1.45. The number of carbonyl (C=O) groups is 2. The van der Waals surface area contributed by atoms with Gasteiger partial charge in [0.15, 0.2) is 5.43 Å². The quantitative estimate of drug-likeness (QED) is 0.333. The van der Waals surface area contributed by atoms with Gasteiger partial charge in [0.1, 0.15) is 5.69 Å². The van der Waals surface area contributed by atoms with Crippen molar-refractivity contribution in [2.45, 2.75) is 13.1 Å². The number of nitrogens with one attached hydrogen (secondary N) is 1. The third-order valence-electron chi connectivity index (χ3n) is 5.95. The van der Waals surface area contributed by atoms with E-state index in [0.717, 1.165) is 5.56 Å². The van der Waals surface area contributed by atoms with Gasteiger partial charge in [-0.1, -0.05) is 60.1 Å². The van der Waals surface area contributed by atoms with Gasteiger partial charge in [0.05, 0.1) is 29.4 Å². The number of rotatable bonds is 7. The first kappa shape index (κ1) is 24.0. The summed E-state index contributed by atoms with van der Waals surface area (Å²) < 4.78 is 3.11. The molecule has 0 spiro atoms. The Morgan fingerprint density at radius 2 is 1.68 bits per heavy atom. The minimum atomic E-state index is -1.30. The third-order valence-corrected chi connectivity index (χ3v) is 6.19. The second kappa shape index (κ2) is 10.1. The predicted octanol–water partition coefficient (Wildman–Crippen LogP) is 4.52. The van der Waals surface area contributed by atoms with Crippen LogP contribution in [0.2, 0.25) is 5.02 Å². The highest BCUT2D eigenvalue weighted by Crippen LogP contribution is 2.25. The Morgan fingerprint density at radius 3 is 2.38 bits per heavy atom. The zero-order valence-corrected chi connectivity index (χ0v) is 20.2. The number of fused-ring (bicyclic) bond motifs is 1. The van der Waals surface area contributed by atoms with Crippen LogP contribution in [-0.4, -0.2) is 31.3 Å². The van der Waals surface area contributed by atoms with Crippen LogP contribution in [0.25, 0.3) is 16.6 Å². The number of carboxylic acid groups (broad SMARTS) is 1. The molecule has 0 aliphatic carbocycles. The molecule has 0 saturated carbocycles. The van der Waals surface area contributed by atoms with Gasteiger partial charge in [-0.3, -0.25) is 14.3 Å². The summed E-state index contributed by atoms with van der Waals surface area (Å²) >= 11 is 6.20. The number of aromatic carboxylic acids is 1. The van der Waals surface area contributed by atoms with Gasteiger partial charge in [0.25, 0.3) is 5.91 Å². The number of benzene rings is 3. The minimum Gasteiger partial charge on any atom is -0.477 e. The lowest BCUT2D eigenvalue weighted by Gasteiger charge is -2.18. The average Bonchev–Trinajstić information content (AvgIpc) is 3.37. The van der Waals surface area contributed by atoms with Crippen molar-refractivity contribution in [1.29, 1.82) is 0 Å². The molecule has 0 atom stereocenters. The Labute approximate surface area is 216 Å². The van der Waals surface area contributed by atoms with Gasteiger partial charge in [-0.15, -0.1) is 0 Å². The normalized spacial score (nSPS) is 10.9. The molecule has 2 aromatic heterocycles. The van der Waals surface area contributed by atoms with Crippen molar-refractivity contribution in [3.8, 4) is 5.69 Å². The van der Waals surface area contributed by atoms with E-state index in [0.29, 0.717) is 28.3 Å². The summed E-state index contributed by atoms with van der Waals surface area (Å²) in [6.45, 7) is 0.209. The standard InChI is InChI=1S/C28H21ClN4O4/c29-20-11-12-22-24(13-20)33(21-9-5-2-6-10-21)25(28(36)37)23(26(22)34)15-30-27(35)19-14-31-32(17-19)16-18-7-3-1-4-8-18/h1-14,17H,15-16H2,(H,30,35)(H,36,37). The average molecular weight is 513 g/mol. The second-order valence-corrected chi connectivity index (χ2v) is 8.83. The van der Waals surface area contributed by atoms with Gasteiger partial charge in [-0.05, 0) is 35.9 Å². The maximum atomic E-state index is 13.4. The summed E-state index contributed by atoms with van der Waals surface area (Å²) in [5, 5.41) is 17.7. The predicted molar refractivity (Wildman–Crippen MR) is 140 cm³/mol. The molecule has 0 fully saturated rings. The molecule has 5 rings (SSSR count). The van der Waals surface area contributed by atoms with Gasteiger partial charge in [-0.2, -0.15) is 5.10 Å². The number of halogens is 1. The Hall–Kier alpha value is -4.69. The Bertz CT molecular complexity index is 1680. The first-order valence-corrected chi connectivity index (χ1v) is 11.8.